The third-order valence-electron chi connectivity index (χ3n) is 3.40. The number of aryl methyl sites for hydroxylation is 1. The molecule has 0 aliphatic carbocycles. The summed E-state index contributed by atoms with van der Waals surface area (Å²) in [6.45, 7) is 1.94. The van der Waals surface area contributed by atoms with Gasteiger partial charge in [0.25, 0.3) is 0 Å². The summed E-state index contributed by atoms with van der Waals surface area (Å²) < 4.78 is 26.5. The predicted molar refractivity (Wildman–Crippen MR) is 78.1 cm³/mol. The zero-order valence-electron chi connectivity index (χ0n) is 11.4. The Morgan fingerprint density at radius 1 is 1.10 bits per heavy atom. The van der Waals surface area contributed by atoms with E-state index in [1.165, 1.54) is 24.3 Å². The van der Waals surface area contributed by atoms with Crippen LogP contribution in [0.2, 0.25) is 5.02 Å². The van der Waals surface area contributed by atoms with Crippen LogP contribution >= 0.6 is 11.6 Å². The number of hydrogen-bond donors (Lipinski definition) is 1. The topological polar surface area (TPSA) is 12.0 Å². The van der Waals surface area contributed by atoms with Gasteiger partial charge in [-0.05, 0) is 61.3 Å². The second-order valence-corrected chi connectivity index (χ2v) is 5.19. The lowest BCUT2D eigenvalue weighted by atomic mass is 9.95. The van der Waals surface area contributed by atoms with Crippen molar-refractivity contribution in [2.24, 2.45) is 0 Å². The van der Waals surface area contributed by atoms with Gasteiger partial charge in [0.15, 0.2) is 0 Å². The minimum absolute atomic E-state index is 0.0753. The van der Waals surface area contributed by atoms with Crippen LogP contribution in [0.4, 0.5) is 8.78 Å². The Morgan fingerprint density at radius 3 is 2.40 bits per heavy atom. The van der Waals surface area contributed by atoms with Gasteiger partial charge in [-0.3, -0.25) is 0 Å². The van der Waals surface area contributed by atoms with Gasteiger partial charge in [0.05, 0.1) is 0 Å². The standard InChI is InChI=1S/C16H16ClF2N/c1-10-3-5-12(18)8-14(10)16(20-2)7-11-4-6-13(19)9-15(11)17/h3-6,8-9,16,20H,7H2,1-2H3. The molecule has 2 aromatic carbocycles. The Kier molecular flexibility index (Phi) is 4.73. The Morgan fingerprint density at radius 2 is 1.75 bits per heavy atom. The molecule has 106 valence electrons. The Balaban J connectivity index is 2.31. The lowest BCUT2D eigenvalue weighted by Gasteiger charge is -2.19. The van der Waals surface area contributed by atoms with E-state index in [4.69, 9.17) is 11.6 Å². The summed E-state index contributed by atoms with van der Waals surface area (Å²) in [5, 5.41) is 3.55. The molecule has 2 rings (SSSR count). The second kappa shape index (κ2) is 6.33. The molecule has 0 aromatic heterocycles. The molecule has 1 nitrogen and oxygen atoms in total. The molecule has 2 aromatic rings. The molecular formula is C16H16ClF2N. The summed E-state index contributed by atoms with van der Waals surface area (Å²) in [7, 11) is 1.81. The van der Waals surface area contributed by atoms with Crippen molar-refractivity contribution in [1.82, 2.24) is 5.32 Å². The van der Waals surface area contributed by atoms with E-state index in [0.717, 1.165) is 16.7 Å². The highest BCUT2D eigenvalue weighted by Crippen LogP contribution is 2.26. The van der Waals surface area contributed by atoms with Crippen molar-refractivity contribution < 1.29 is 8.78 Å². The highest BCUT2D eigenvalue weighted by molar-refractivity contribution is 6.31. The highest BCUT2D eigenvalue weighted by Gasteiger charge is 2.15. The molecule has 4 heteroatoms. The van der Waals surface area contributed by atoms with Gasteiger partial charge < -0.3 is 5.32 Å². The van der Waals surface area contributed by atoms with Crippen LogP contribution in [0.5, 0.6) is 0 Å². The Bertz CT molecular complexity index is 613. The first kappa shape index (κ1) is 14.9. The molecule has 0 aliphatic rings. The van der Waals surface area contributed by atoms with Crippen LogP contribution in [0.3, 0.4) is 0 Å². The van der Waals surface area contributed by atoms with Crippen LogP contribution in [-0.4, -0.2) is 7.05 Å². The van der Waals surface area contributed by atoms with Crippen molar-refractivity contribution >= 4 is 11.6 Å². The number of halogens is 3. The lowest BCUT2D eigenvalue weighted by Crippen LogP contribution is -2.20. The van der Waals surface area contributed by atoms with E-state index in [1.807, 2.05) is 14.0 Å². The first-order valence-corrected chi connectivity index (χ1v) is 6.76. The molecule has 0 aliphatic heterocycles. The number of nitrogens with one attached hydrogen (secondary N) is 1. The van der Waals surface area contributed by atoms with Crippen LogP contribution in [0.1, 0.15) is 22.7 Å². The average molecular weight is 296 g/mol. The molecule has 0 bridgehead atoms. The molecule has 0 heterocycles. The summed E-state index contributed by atoms with van der Waals surface area (Å²) in [5.74, 6) is -0.627. The SMILES string of the molecule is CNC(Cc1ccc(F)cc1Cl)c1cc(F)ccc1C. The van der Waals surface area contributed by atoms with E-state index in [9.17, 15) is 8.78 Å². The summed E-state index contributed by atoms with van der Waals surface area (Å²) >= 11 is 6.05. The summed E-state index contributed by atoms with van der Waals surface area (Å²) in [4.78, 5) is 0. The largest absolute Gasteiger partial charge is 0.313 e. The summed E-state index contributed by atoms with van der Waals surface area (Å²) in [5.41, 5.74) is 2.72. The Labute approximate surface area is 122 Å². The molecule has 1 atom stereocenters. The third-order valence-corrected chi connectivity index (χ3v) is 3.76. The number of hydrogen-bond acceptors (Lipinski definition) is 1. The molecule has 0 fully saturated rings. The van der Waals surface area contributed by atoms with E-state index in [1.54, 1.807) is 12.1 Å². The van der Waals surface area contributed by atoms with Crippen molar-refractivity contribution in [3.63, 3.8) is 0 Å². The van der Waals surface area contributed by atoms with Crippen LogP contribution in [-0.2, 0) is 6.42 Å². The average Bonchev–Trinajstić information content (AvgIpc) is 2.41. The van der Waals surface area contributed by atoms with E-state index >= 15 is 0 Å². The van der Waals surface area contributed by atoms with Crippen molar-refractivity contribution in [3.8, 4) is 0 Å². The van der Waals surface area contributed by atoms with Crippen LogP contribution in [0.25, 0.3) is 0 Å². The number of rotatable bonds is 4. The van der Waals surface area contributed by atoms with E-state index < -0.39 is 0 Å². The summed E-state index contributed by atoms with van der Waals surface area (Å²) in [6, 6.07) is 8.98. The molecule has 0 spiro atoms. The van der Waals surface area contributed by atoms with Gasteiger partial charge >= 0.3 is 0 Å². The van der Waals surface area contributed by atoms with Gasteiger partial charge in [-0.2, -0.15) is 0 Å². The Hall–Kier alpha value is -1.45. The smallest absolute Gasteiger partial charge is 0.124 e. The lowest BCUT2D eigenvalue weighted by molar-refractivity contribution is 0.573. The fourth-order valence-corrected chi connectivity index (χ4v) is 2.51. The van der Waals surface area contributed by atoms with Gasteiger partial charge in [-0.1, -0.05) is 23.7 Å². The maximum absolute atomic E-state index is 13.4. The molecule has 0 amide bonds. The molecule has 0 saturated carbocycles. The molecular weight excluding hydrogens is 280 g/mol. The maximum atomic E-state index is 13.4. The molecule has 1 N–H and O–H groups in total. The van der Waals surface area contributed by atoms with Crippen LogP contribution < -0.4 is 5.32 Å². The van der Waals surface area contributed by atoms with Gasteiger partial charge in [0.2, 0.25) is 0 Å². The van der Waals surface area contributed by atoms with Crippen LogP contribution in [0, 0.1) is 18.6 Å². The number of benzene rings is 2. The molecule has 0 saturated heterocycles. The van der Waals surface area contributed by atoms with Crippen molar-refractivity contribution in [2.45, 2.75) is 19.4 Å². The van der Waals surface area contributed by atoms with Gasteiger partial charge in [-0.25, -0.2) is 8.78 Å². The van der Waals surface area contributed by atoms with E-state index in [2.05, 4.69) is 5.32 Å². The minimum Gasteiger partial charge on any atom is -0.313 e. The van der Waals surface area contributed by atoms with Gasteiger partial charge in [0.1, 0.15) is 11.6 Å². The quantitative estimate of drug-likeness (QED) is 0.880. The monoisotopic (exact) mass is 295 g/mol. The fraction of sp³-hybridized carbons (Fsp3) is 0.250. The van der Waals surface area contributed by atoms with Crippen molar-refractivity contribution in [1.29, 1.82) is 0 Å². The van der Waals surface area contributed by atoms with Crippen LogP contribution in [0.15, 0.2) is 36.4 Å². The second-order valence-electron chi connectivity index (χ2n) is 4.78. The molecule has 0 radical (unpaired) electrons. The van der Waals surface area contributed by atoms with Gasteiger partial charge in [0, 0.05) is 11.1 Å². The maximum Gasteiger partial charge on any atom is 0.124 e. The fourth-order valence-electron chi connectivity index (χ4n) is 2.26. The first-order chi connectivity index (χ1) is 9.51. The summed E-state index contributed by atoms with van der Waals surface area (Å²) in [6.07, 6.45) is 0.569. The molecule has 20 heavy (non-hydrogen) atoms. The molecule has 1 unspecified atom stereocenters. The van der Waals surface area contributed by atoms with E-state index in [-0.39, 0.29) is 17.7 Å². The first-order valence-electron chi connectivity index (χ1n) is 6.38. The highest BCUT2D eigenvalue weighted by atomic mass is 35.5. The van der Waals surface area contributed by atoms with Crippen molar-refractivity contribution in [3.05, 3.63) is 69.7 Å². The predicted octanol–water partition coefficient (Wildman–Crippen LogP) is 4.43. The third kappa shape index (κ3) is 3.35. The zero-order valence-corrected chi connectivity index (χ0v) is 12.1. The normalized spacial score (nSPS) is 12.4. The van der Waals surface area contributed by atoms with Crippen molar-refractivity contribution in [2.75, 3.05) is 7.05 Å². The minimum atomic E-state index is -0.360. The zero-order chi connectivity index (χ0) is 14.7. The van der Waals surface area contributed by atoms with Gasteiger partial charge in [-0.15, -0.1) is 0 Å². The number of likely N-dealkylation sites (N-methyl/N-ethyl adjacent to an activating group) is 1. The van der Waals surface area contributed by atoms with E-state index in [0.29, 0.717) is 11.4 Å².